The van der Waals surface area contributed by atoms with Crippen molar-refractivity contribution in [3.05, 3.63) is 40.1 Å². The van der Waals surface area contributed by atoms with E-state index in [4.69, 9.17) is 5.73 Å². The zero-order chi connectivity index (χ0) is 13.1. The molecule has 6 heteroatoms. The first kappa shape index (κ1) is 12.8. The maximum Gasteiger partial charge on any atom is 0.212 e. The minimum atomic E-state index is -0.103. The molecule has 1 aromatic carbocycles. The molecular weight excluding hydrogens is 296 g/mol. The van der Waals surface area contributed by atoms with Crippen molar-refractivity contribution in [3.8, 4) is 0 Å². The summed E-state index contributed by atoms with van der Waals surface area (Å²) in [7, 11) is 0. The summed E-state index contributed by atoms with van der Waals surface area (Å²) >= 11 is 3.31. The second-order valence-electron chi connectivity index (χ2n) is 3.91. The fourth-order valence-electron chi connectivity index (χ4n) is 1.63. The number of carbonyl (C=O) groups excluding carboxylic acids is 1. The van der Waals surface area contributed by atoms with Crippen molar-refractivity contribution in [3.63, 3.8) is 0 Å². The summed E-state index contributed by atoms with van der Waals surface area (Å²) in [6, 6.07) is 5.11. The summed E-state index contributed by atoms with van der Waals surface area (Å²) in [5.41, 5.74) is 7.36. The number of nitrogen functional groups attached to an aromatic ring is 1. The van der Waals surface area contributed by atoms with E-state index >= 15 is 0 Å². The largest absolute Gasteiger partial charge is 0.398 e. The monoisotopic (exact) mass is 308 g/mol. The summed E-state index contributed by atoms with van der Waals surface area (Å²) in [5.74, 6) is -0.103. The number of halogens is 1. The van der Waals surface area contributed by atoms with E-state index in [1.807, 2.05) is 6.92 Å². The lowest BCUT2D eigenvalue weighted by atomic mass is 10.1. The molecule has 0 aliphatic heterocycles. The van der Waals surface area contributed by atoms with Crippen LogP contribution in [-0.4, -0.2) is 20.8 Å². The smallest absolute Gasteiger partial charge is 0.212 e. The van der Waals surface area contributed by atoms with Gasteiger partial charge >= 0.3 is 0 Å². The number of aromatic nitrogens is 3. The van der Waals surface area contributed by atoms with Crippen molar-refractivity contribution in [2.75, 3.05) is 5.73 Å². The number of nitrogens with two attached hydrogens (primary N) is 1. The van der Waals surface area contributed by atoms with E-state index in [1.54, 1.807) is 22.9 Å². The van der Waals surface area contributed by atoms with Crippen LogP contribution in [0.5, 0.6) is 0 Å². The minimum absolute atomic E-state index is 0.103. The van der Waals surface area contributed by atoms with Gasteiger partial charge in [-0.1, -0.05) is 12.1 Å². The molecule has 0 aliphatic rings. The van der Waals surface area contributed by atoms with Gasteiger partial charge in [0.2, 0.25) is 5.78 Å². The average molecular weight is 309 g/mol. The van der Waals surface area contributed by atoms with Crippen LogP contribution in [0.4, 0.5) is 5.69 Å². The molecule has 0 amide bonds. The van der Waals surface area contributed by atoms with Gasteiger partial charge in [0.05, 0.1) is 6.20 Å². The van der Waals surface area contributed by atoms with Crippen molar-refractivity contribution in [2.24, 2.45) is 0 Å². The van der Waals surface area contributed by atoms with Crippen LogP contribution in [0.3, 0.4) is 0 Å². The topological polar surface area (TPSA) is 73.8 Å². The summed E-state index contributed by atoms with van der Waals surface area (Å²) in [6.45, 7) is 2.70. The van der Waals surface area contributed by atoms with E-state index in [-0.39, 0.29) is 5.78 Å². The molecule has 2 N–H and O–H groups in total. The Morgan fingerprint density at radius 2 is 2.28 bits per heavy atom. The summed E-state index contributed by atoms with van der Waals surface area (Å²) < 4.78 is 2.33. The Morgan fingerprint density at radius 1 is 1.50 bits per heavy atom. The first-order chi connectivity index (χ1) is 8.63. The van der Waals surface area contributed by atoms with Crippen LogP contribution in [0.2, 0.25) is 0 Å². The number of nitrogens with zero attached hydrogens (tertiary/aromatic N) is 3. The van der Waals surface area contributed by atoms with Crippen LogP contribution in [-0.2, 0) is 6.54 Å². The van der Waals surface area contributed by atoms with Gasteiger partial charge in [-0.3, -0.25) is 4.79 Å². The van der Waals surface area contributed by atoms with Crippen molar-refractivity contribution >= 4 is 27.4 Å². The van der Waals surface area contributed by atoms with Crippen LogP contribution in [0.1, 0.15) is 29.4 Å². The lowest BCUT2D eigenvalue weighted by molar-refractivity contribution is 0.102. The van der Waals surface area contributed by atoms with Crippen LogP contribution in [0.15, 0.2) is 28.9 Å². The Bertz CT molecular complexity index is 579. The average Bonchev–Trinajstić information content (AvgIpc) is 2.80. The molecule has 0 saturated heterocycles. The number of benzene rings is 1. The number of anilines is 1. The van der Waals surface area contributed by atoms with Gasteiger partial charge in [-0.25, -0.2) is 4.68 Å². The third-order valence-corrected chi connectivity index (χ3v) is 3.24. The number of rotatable bonds is 4. The number of ketones is 1. The molecule has 0 saturated carbocycles. The van der Waals surface area contributed by atoms with Gasteiger partial charge in [-0.05, 0) is 40.5 Å². The highest BCUT2D eigenvalue weighted by atomic mass is 79.9. The fourth-order valence-corrected chi connectivity index (χ4v) is 2.01. The van der Waals surface area contributed by atoms with Crippen LogP contribution in [0, 0.1) is 0 Å². The van der Waals surface area contributed by atoms with Gasteiger partial charge in [0.15, 0.2) is 0 Å². The molecule has 2 rings (SSSR count). The highest BCUT2D eigenvalue weighted by Gasteiger charge is 2.15. The number of carbonyl (C=O) groups is 1. The molecular formula is C12H13BrN4O. The summed E-state index contributed by atoms with van der Waals surface area (Å²) in [5, 5.41) is 7.68. The fraction of sp³-hybridized carbons (Fsp3) is 0.250. The van der Waals surface area contributed by atoms with E-state index in [1.165, 1.54) is 6.20 Å². The molecule has 0 spiro atoms. The highest BCUT2D eigenvalue weighted by Crippen LogP contribution is 2.21. The first-order valence-corrected chi connectivity index (χ1v) is 6.41. The molecule has 2 aromatic rings. The molecule has 1 heterocycles. The maximum absolute atomic E-state index is 12.3. The molecule has 0 bridgehead atoms. The van der Waals surface area contributed by atoms with Gasteiger partial charge in [0.1, 0.15) is 5.69 Å². The van der Waals surface area contributed by atoms with E-state index in [9.17, 15) is 4.79 Å². The second kappa shape index (κ2) is 5.30. The van der Waals surface area contributed by atoms with Crippen LogP contribution >= 0.6 is 15.9 Å². The van der Waals surface area contributed by atoms with Crippen LogP contribution in [0.25, 0.3) is 0 Å². The second-order valence-corrected chi connectivity index (χ2v) is 4.76. The minimum Gasteiger partial charge on any atom is -0.398 e. The van der Waals surface area contributed by atoms with Gasteiger partial charge in [-0.2, -0.15) is 0 Å². The van der Waals surface area contributed by atoms with Crippen molar-refractivity contribution in [1.82, 2.24) is 15.0 Å². The summed E-state index contributed by atoms with van der Waals surface area (Å²) in [4.78, 5) is 12.3. The molecule has 0 unspecified atom stereocenters. The molecule has 0 aliphatic carbocycles. The Morgan fingerprint density at radius 3 is 2.94 bits per heavy atom. The first-order valence-electron chi connectivity index (χ1n) is 5.61. The molecule has 94 valence electrons. The highest BCUT2D eigenvalue weighted by molar-refractivity contribution is 9.10. The zero-order valence-electron chi connectivity index (χ0n) is 9.93. The van der Waals surface area contributed by atoms with Crippen molar-refractivity contribution in [1.29, 1.82) is 0 Å². The molecule has 18 heavy (non-hydrogen) atoms. The Kier molecular flexibility index (Phi) is 3.76. The predicted octanol–water partition coefficient (Wildman–Crippen LogP) is 2.26. The van der Waals surface area contributed by atoms with Gasteiger partial charge in [-0.15, -0.1) is 5.10 Å². The third-order valence-electron chi connectivity index (χ3n) is 2.55. The SMILES string of the molecule is CCCn1nncc1C(=O)c1ccc(N)c(Br)c1. The zero-order valence-corrected chi connectivity index (χ0v) is 11.5. The maximum atomic E-state index is 12.3. The number of hydrogen-bond acceptors (Lipinski definition) is 4. The van der Waals surface area contributed by atoms with E-state index in [0.29, 0.717) is 28.0 Å². The Hall–Kier alpha value is -1.69. The number of hydrogen-bond donors (Lipinski definition) is 1. The quantitative estimate of drug-likeness (QED) is 0.694. The van der Waals surface area contributed by atoms with Gasteiger partial charge in [0, 0.05) is 22.3 Å². The lowest BCUT2D eigenvalue weighted by Crippen LogP contribution is -2.11. The van der Waals surface area contributed by atoms with E-state index in [0.717, 1.165) is 6.42 Å². The molecule has 0 atom stereocenters. The molecule has 1 aromatic heterocycles. The molecule has 0 fully saturated rings. The van der Waals surface area contributed by atoms with E-state index < -0.39 is 0 Å². The predicted molar refractivity (Wildman–Crippen MR) is 72.3 cm³/mol. The van der Waals surface area contributed by atoms with Crippen molar-refractivity contribution in [2.45, 2.75) is 19.9 Å². The lowest BCUT2D eigenvalue weighted by Gasteiger charge is -2.05. The number of aryl methyl sites for hydroxylation is 1. The standard InChI is InChI=1S/C12H13BrN4O/c1-2-5-17-11(7-15-16-17)12(18)8-3-4-10(14)9(13)6-8/h3-4,6-7H,2,5,14H2,1H3. The van der Waals surface area contributed by atoms with Crippen LogP contribution < -0.4 is 5.73 Å². The van der Waals surface area contributed by atoms with Gasteiger partial charge < -0.3 is 5.73 Å². The van der Waals surface area contributed by atoms with Crippen molar-refractivity contribution < 1.29 is 4.79 Å². The Labute approximate surface area is 113 Å². The van der Waals surface area contributed by atoms with Gasteiger partial charge in [0.25, 0.3) is 0 Å². The molecule has 0 radical (unpaired) electrons. The normalized spacial score (nSPS) is 10.6. The molecule has 5 nitrogen and oxygen atoms in total. The van der Waals surface area contributed by atoms with E-state index in [2.05, 4.69) is 26.2 Å². The summed E-state index contributed by atoms with van der Waals surface area (Å²) in [6.07, 6.45) is 2.39. The third kappa shape index (κ3) is 2.43. The Balaban J connectivity index is 2.35.